The summed E-state index contributed by atoms with van der Waals surface area (Å²) in [7, 11) is 0. The predicted molar refractivity (Wildman–Crippen MR) is 76.6 cm³/mol. The number of rotatable bonds is 7. The first-order valence-electron chi connectivity index (χ1n) is 5.95. The highest BCUT2D eigenvalue weighted by atomic mass is 127. The lowest BCUT2D eigenvalue weighted by Crippen LogP contribution is -2.27. The highest BCUT2D eigenvalue weighted by molar-refractivity contribution is 14.1. The molecule has 0 bridgehead atoms. The first kappa shape index (κ1) is 14.9. The number of hydrogen-bond donors (Lipinski definition) is 1. The summed E-state index contributed by atoms with van der Waals surface area (Å²) in [6.07, 6.45) is 1.07. The van der Waals surface area contributed by atoms with Crippen molar-refractivity contribution in [2.45, 2.75) is 26.3 Å². The van der Waals surface area contributed by atoms with Gasteiger partial charge in [-0.25, -0.2) is 4.39 Å². The molecule has 0 radical (unpaired) electrons. The molecule has 96 valence electrons. The van der Waals surface area contributed by atoms with Crippen LogP contribution < -0.4 is 5.32 Å². The van der Waals surface area contributed by atoms with Crippen LogP contribution in [0.3, 0.4) is 0 Å². The summed E-state index contributed by atoms with van der Waals surface area (Å²) in [6.45, 7) is 6.36. The van der Waals surface area contributed by atoms with Gasteiger partial charge in [-0.15, -0.1) is 0 Å². The standard InChI is InChI=1S/C13H19FINO/c1-3-7-16-13(9-17-4-2)11-6-5-10(14)8-12(11)15/h5-6,8,13,16H,3-4,7,9H2,1-2H3. The summed E-state index contributed by atoms with van der Waals surface area (Å²) >= 11 is 2.17. The SMILES string of the molecule is CCCNC(COCC)c1ccc(F)cc1I. The molecule has 0 heterocycles. The molecule has 17 heavy (non-hydrogen) atoms. The molecule has 1 unspecified atom stereocenters. The zero-order valence-electron chi connectivity index (χ0n) is 10.3. The molecule has 0 amide bonds. The van der Waals surface area contributed by atoms with E-state index in [9.17, 15) is 4.39 Å². The zero-order chi connectivity index (χ0) is 12.7. The lowest BCUT2D eigenvalue weighted by atomic mass is 10.1. The van der Waals surface area contributed by atoms with E-state index in [-0.39, 0.29) is 11.9 Å². The van der Waals surface area contributed by atoms with Crippen LogP contribution in [-0.2, 0) is 4.74 Å². The largest absolute Gasteiger partial charge is 0.380 e. The quantitative estimate of drug-likeness (QED) is 0.760. The molecule has 0 saturated carbocycles. The number of ether oxygens (including phenoxy) is 1. The first-order valence-corrected chi connectivity index (χ1v) is 7.03. The minimum Gasteiger partial charge on any atom is -0.380 e. The summed E-state index contributed by atoms with van der Waals surface area (Å²) in [4.78, 5) is 0. The third kappa shape index (κ3) is 4.89. The first-order chi connectivity index (χ1) is 8.19. The van der Waals surface area contributed by atoms with Crippen LogP contribution in [0, 0.1) is 9.39 Å². The highest BCUT2D eigenvalue weighted by Gasteiger charge is 2.14. The van der Waals surface area contributed by atoms with Crippen molar-refractivity contribution in [2.75, 3.05) is 19.8 Å². The second-order valence-electron chi connectivity index (χ2n) is 3.83. The molecular formula is C13H19FINO. The Morgan fingerprint density at radius 3 is 2.76 bits per heavy atom. The van der Waals surface area contributed by atoms with E-state index < -0.39 is 0 Å². The van der Waals surface area contributed by atoms with Gasteiger partial charge >= 0.3 is 0 Å². The fourth-order valence-corrected chi connectivity index (χ4v) is 2.45. The lowest BCUT2D eigenvalue weighted by Gasteiger charge is -2.20. The van der Waals surface area contributed by atoms with Gasteiger partial charge in [-0.3, -0.25) is 0 Å². The van der Waals surface area contributed by atoms with Crippen molar-refractivity contribution in [1.82, 2.24) is 5.32 Å². The molecule has 0 saturated heterocycles. The summed E-state index contributed by atoms with van der Waals surface area (Å²) in [5, 5.41) is 3.43. The average Bonchev–Trinajstić information content (AvgIpc) is 2.30. The molecule has 1 N–H and O–H groups in total. The second kappa shape index (κ2) is 8.00. The Morgan fingerprint density at radius 1 is 1.41 bits per heavy atom. The molecule has 0 spiro atoms. The summed E-state index contributed by atoms with van der Waals surface area (Å²) in [5.41, 5.74) is 1.11. The number of hydrogen-bond acceptors (Lipinski definition) is 2. The normalized spacial score (nSPS) is 12.7. The van der Waals surface area contributed by atoms with Crippen molar-refractivity contribution < 1.29 is 9.13 Å². The van der Waals surface area contributed by atoms with Crippen LogP contribution in [0.5, 0.6) is 0 Å². The number of nitrogens with one attached hydrogen (secondary N) is 1. The van der Waals surface area contributed by atoms with E-state index in [4.69, 9.17) is 4.74 Å². The molecule has 0 fully saturated rings. The third-order valence-electron chi connectivity index (χ3n) is 2.47. The molecule has 1 rings (SSSR count). The number of benzene rings is 1. The maximum atomic E-state index is 13.1. The molecule has 0 aliphatic rings. The topological polar surface area (TPSA) is 21.3 Å². The van der Waals surface area contributed by atoms with Crippen molar-refractivity contribution in [2.24, 2.45) is 0 Å². The van der Waals surface area contributed by atoms with Gasteiger partial charge in [0.05, 0.1) is 12.6 Å². The van der Waals surface area contributed by atoms with E-state index >= 15 is 0 Å². The summed E-state index contributed by atoms with van der Waals surface area (Å²) in [6, 6.07) is 5.04. The van der Waals surface area contributed by atoms with E-state index in [0.29, 0.717) is 13.2 Å². The van der Waals surface area contributed by atoms with Crippen molar-refractivity contribution >= 4 is 22.6 Å². The van der Waals surface area contributed by atoms with Crippen LogP contribution in [0.25, 0.3) is 0 Å². The van der Waals surface area contributed by atoms with Gasteiger partial charge in [0.25, 0.3) is 0 Å². The van der Waals surface area contributed by atoms with E-state index in [2.05, 4.69) is 34.8 Å². The van der Waals surface area contributed by atoms with E-state index in [1.807, 2.05) is 13.0 Å². The fourth-order valence-electron chi connectivity index (χ4n) is 1.60. The molecule has 1 aromatic rings. The van der Waals surface area contributed by atoms with Crippen LogP contribution in [0.1, 0.15) is 31.9 Å². The molecule has 0 aliphatic heterocycles. The van der Waals surface area contributed by atoms with Gasteiger partial charge in [0, 0.05) is 10.2 Å². The predicted octanol–water partition coefficient (Wildman–Crippen LogP) is 3.51. The van der Waals surface area contributed by atoms with Gasteiger partial charge < -0.3 is 10.1 Å². The maximum Gasteiger partial charge on any atom is 0.124 e. The Bertz CT molecular complexity index is 338. The Hall–Kier alpha value is -0.200. The molecule has 1 atom stereocenters. The van der Waals surface area contributed by atoms with Gasteiger partial charge in [0.1, 0.15) is 5.82 Å². The molecule has 0 aromatic heterocycles. The Kier molecular flexibility index (Phi) is 6.99. The van der Waals surface area contributed by atoms with Crippen molar-refractivity contribution in [1.29, 1.82) is 0 Å². The summed E-state index contributed by atoms with van der Waals surface area (Å²) < 4.78 is 19.5. The lowest BCUT2D eigenvalue weighted by molar-refractivity contribution is 0.123. The van der Waals surface area contributed by atoms with Crippen LogP contribution in [0.4, 0.5) is 4.39 Å². The maximum absolute atomic E-state index is 13.1. The minimum absolute atomic E-state index is 0.141. The molecule has 0 aliphatic carbocycles. The summed E-state index contributed by atoms with van der Waals surface area (Å²) in [5.74, 6) is -0.191. The van der Waals surface area contributed by atoms with Crippen molar-refractivity contribution in [3.63, 3.8) is 0 Å². The van der Waals surface area contributed by atoms with Crippen LogP contribution in [0.2, 0.25) is 0 Å². The molecule has 2 nitrogen and oxygen atoms in total. The Morgan fingerprint density at radius 2 is 2.18 bits per heavy atom. The van der Waals surface area contributed by atoms with Crippen LogP contribution in [0.15, 0.2) is 18.2 Å². The average molecular weight is 351 g/mol. The number of halogens is 2. The monoisotopic (exact) mass is 351 g/mol. The Labute approximate surface area is 116 Å². The van der Waals surface area contributed by atoms with E-state index in [1.165, 1.54) is 6.07 Å². The molecular weight excluding hydrogens is 332 g/mol. The van der Waals surface area contributed by atoms with Crippen LogP contribution in [-0.4, -0.2) is 19.8 Å². The fraction of sp³-hybridized carbons (Fsp3) is 0.538. The van der Waals surface area contributed by atoms with E-state index in [0.717, 1.165) is 22.1 Å². The highest BCUT2D eigenvalue weighted by Crippen LogP contribution is 2.21. The van der Waals surface area contributed by atoms with Crippen molar-refractivity contribution in [3.8, 4) is 0 Å². The van der Waals surface area contributed by atoms with Gasteiger partial charge in [-0.05, 0) is 60.2 Å². The van der Waals surface area contributed by atoms with E-state index in [1.54, 1.807) is 6.07 Å². The van der Waals surface area contributed by atoms with Gasteiger partial charge in [0.15, 0.2) is 0 Å². The third-order valence-corrected chi connectivity index (χ3v) is 3.40. The van der Waals surface area contributed by atoms with Gasteiger partial charge in [-0.2, -0.15) is 0 Å². The molecule has 1 aromatic carbocycles. The van der Waals surface area contributed by atoms with Crippen LogP contribution >= 0.6 is 22.6 Å². The zero-order valence-corrected chi connectivity index (χ0v) is 12.5. The van der Waals surface area contributed by atoms with Crippen molar-refractivity contribution in [3.05, 3.63) is 33.1 Å². The smallest absolute Gasteiger partial charge is 0.124 e. The second-order valence-corrected chi connectivity index (χ2v) is 4.99. The minimum atomic E-state index is -0.191. The van der Waals surface area contributed by atoms with Gasteiger partial charge in [0.2, 0.25) is 0 Å². The molecule has 4 heteroatoms. The van der Waals surface area contributed by atoms with Gasteiger partial charge in [-0.1, -0.05) is 13.0 Å². The Balaban J connectivity index is 2.79.